The van der Waals surface area contributed by atoms with Gasteiger partial charge >= 0.3 is 0 Å². The lowest BCUT2D eigenvalue weighted by Crippen LogP contribution is -2.37. The second-order valence-corrected chi connectivity index (χ2v) is 4.05. The van der Waals surface area contributed by atoms with E-state index in [1.54, 1.807) is 33.3 Å². The van der Waals surface area contributed by atoms with Crippen LogP contribution in [-0.2, 0) is 9.53 Å². The van der Waals surface area contributed by atoms with Gasteiger partial charge in [0, 0.05) is 20.3 Å². The molecule has 0 aliphatic rings. The number of amides is 1. The maximum Gasteiger partial charge on any atom is 0.260 e. The van der Waals surface area contributed by atoms with Crippen LogP contribution in [0.5, 0.6) is 11.5 Å². The van der Waals surface area contributed by atoms with Crippen LogP contribution in [-0.4, -0.2) is 39.4 Å². The van der Waals surface area contributed by atoms with Crippen molar-refractivity contribution in [2.75, 3.05) is 27.4 Å². The molecule has 0 heterocycles. The number of rotatable bonds is 8. The number of hydrogen-bond donors (Lipinski definition) is 1. The highest BCUT2D eigenvalue weighted by Crippen LogP contribution is 2.26. The van der Waals surface area contributed by atoms with Crippen LogP contribution in [0.3, 0.4) is 0 Å². The Bertz CT molecular complexity index is 395. The molecule has 0 spiro atoms. The van der Waals surface area contributed by atoms with Gasteiger partial charge in [-0.05, 0) is 25.5 Å². The summed E-state index contributed by atoms with van der Waals surface area (Å²) in [7, 11) is 3.20. The molecule has 1 aromatic carbocycles. The van der Waals surface area contributed by atoms with E-state index in [-0.39, 0.29) is 5.91 Å². The van der Waals surface area contributed by atoms with Crippen molar-refractivity contribution in [1.29, 1.82) is 0 Å². The van der Waals surface area contributed by atoms with E-state index in [4.69, 9.17) is 14.2 Å². The van der Waals surface area contributed by atoms with Crippen LogP contribution in [0.25, 0.3) is 0 Å². The van der Waals surface area contributed by atoms with Crippen molar-refractivity contribution < 1.29 is 19.0 Å². The summed E-state index contributed by atoms with van der Waals surface area (Å²) in [5.41, 5.74) is 0. The van der Waals surface area contributed by atoms with E-state index in [0.29, 0.717) is 24.7 Å². The maximum atomic E-state index is 11.8. The van der Waals surface area contributed by atoms with Crippen LogP contribution in [0.15, 0.2) is 24.3 Å². The standard InChI is InChI=1S/C14H21NO4/c1-11(14(16)15-9-6-10-17-2)19-13-8-5-4-7-12(13)18-3/h4-5,7-8,11H,6,9-10H2,1-3H3,(H,15,16)/t11-/m0/s1. The van der Waals surface area contributed by atoms with Gasteiger partial charge in [-0.2, -0.15) is 0 Å². The topological polar surface area (TPSA) is 56.8 Å². The average molecular weight is 267 g/mol. The lowest BCUT2D eigenvalue weighted by molar-refractivity contribution is -0.127. The second kappa shape index (κ2) is 8.37. The minimum Gasteiger partial charge on any atom is -0.493 e. The molecule has 0 radical (unpaired) electrons. The monoisotopic (exact) mass is 267 g/mol. The van der Waals surface area contributed by atoms with Crippen molar-refractivity contribution in [1.82, 2.24) is 5.32 Å². The van der Waals surface area contributed by atoms with Gasteiger partial charge in [0.25, 0.3) is 5.91 Å². The summed E-state index contributed by atoms with van der Waals surface area (Å²) in [6, 6.07) is 7.24. The minimum atomic E-state index is -0.571. The van der Waals surface area contributed by atoms with E-state index in [9.17, 15) is 4.79 Å². The zero-order chi connectivity index (χ0) is 14.1. The summed E-state index contributed by atoms with van der Waals surface area (Å²) in [5, 5.41) is 2.79. The number of hydrogen-bond acceptors (Lipinski definition) is 4. The van der Waals surface area contributed by atoms with Crippen LogP contribution in [0.1, 0.15) is 13.3 Å². The van der Waals surface area contributed by atoms with E-state index >= 15 is 0 Å². The smallest absolute Gasteiger partial charge is 0.260 e. The summed E-state index contributed by atoms with van der Waals surface area (Å²) < 4.78 is 15.7. The number of nitrogens with one attached hydrogen (secondary N) is 1. The van der Waals surface area contributed by atoms with Crippen LogP contribution in [0.2, 0.25) is 0 Å². The van der Waals surface area contributed by atoms with E-state index in [0.717, 1.165) is 6.42 Å². The van der Waals surface area contributed by atoms with Gasteiger partial charge in [-0.25, -0.2) is 0 Å². The van der Waals surface area contributed by atoms with Crippen LogP contribution in [0, 0.1) is 0 Å². The van der Waals surface area contributed by atoms with E-state index in [2.05, 4.69) is 5.32 Å². The van der Waals surface area contributed by atoms with E-state index < -0.39 is 6.10 Å². The van der Waals surface area contributed by atoms with E-state index in [1.807, 2.05) is 12.1 Å². The minimum absolute atomic E-state index is 0.151. The zero-order valence-electron chi connectivity index (χ0n) is 11.6. The number of benzene rings is 1. The van der Waals surface area contributed by atoms with E-state index in [1.165, 1.54) is 0 Å². The highest BCUT2D eigenvalue weighted by atomic mass is 16.5. The van der Waals surface area contributed by atoms with Crippen LogP contribution < -0.4 is 14.8 Å². The largest absolute Gasteiger partial charge is 0.493 e. The van der Waals surface area contributed by atoms with Crippen LogP contribution in [0.4, 0.5) is 0 Å². The summed E-state index contributed by atoms with van der Waals surface area (Å²) in [4.78, 5) is 11.8. The normalized spacial score (nSPS) is 11.7. The lowest BCUT2D eigenvalue weighted by atomic mass is 10.3. The third-order valence-electron chi connectivity index (χ3n) is 2.57. The Hall–Kier alpha value is -1.75. The first kappa shape index (κ1) is 15.3. The molecule has 0 bridgehead atoms. The molecule has 0 unspecified atom stereocenters. The Morgan fingerprint density at radius 2 is 1.95 bits per heavy atom. The van der Waals surface area contributed by atoms with Gasteiger partial charge in [-0.3, -0.25) is 4.79 Å². The van der Waals surface area contributed by atoms with Gasteiger partial charge in [0.05, 0.1) is 7.11 Å². The van der Waals surface area contributed by atoms with Crippen LogP contribution >= 0.6 is 0 Å². The number of methoxy groups -OCH3 is 2. The van der Waals surface area contributed by atoms with Crippen molar-refractivity contribution >= 4 is 5.91 Å². The first-order valence-electron chi connectivity index (χ1n) is 6.25. The van der Waals surface area contributed by atoms with Gasteiger partial charge in [0.2, 0.25) is 0 Å². The molecule has 0 aliphatic carbocycles. The molecule has 5 heteroatoms. The SMILES string of the molecule is COCCCNC(=O)[C@H](C)Oc1ccccc1OC. The first-order chi connectivity index (χ1) is 9.19. The molecule has 1 rings (SSSR count). The van der Waals surface area contributed by atoms with Crippen molar-refractivity contribution in [2.24, 2.45) is 0 Å². The number of para-hydroxylation sites is 2. The molecule has 1 amide bonds. The maximum absolute atomic E-state index is 11.8. The number of ether oxygens (including phenoxy) is 3. The Kier molecular flexibility index (Phi) is 6.74. The quantitative estimate of drug-likeness (QED) is 0.727. The summed E-state index contributed by atoms with van der Waals surface area (Å²) >= 11 is 0. The average Bonchev–Trinajstić information content (AvgIpc) is 2.44. The molecule has 0 fully saturated rings. The first-order valence-corrected chi connectivity index (χ1v) is 6.25. The Balaban J connectivity index is 2.45. The van der Waals surface area contributed by atoms with Crippen molar-refractivity contribution in [3.63, 3.8) is 0 Å². The van der Waals surface area contributed by atoms with Gasteiger partial charge in [0.1, 0.15) is 0 Å². The fraction of sp³-hybridized carbons (Fsp3) is 0.500. The van der Waals surface area contributed by atoms with Gasteiger partial charge < -0.3 is 19.5 Å². The second-order valence-electron chi connectivity index (χ2n) is 4.05. The van der Waals surface area contributed by atoms with Gasteiger partial charge in [-0.15, -0.1) is 0 Å². The molecule has 19 heavy (non-hydrogen) atoms. The molecule has 106 valence electrons. The molecule has 0 saturated carbocycles. The summed E-state index contributed by atoms with van der Waals surface area (Å²) in [5.74, 6) is 1.02. The van der Waals surface area contributed by atoms with Crippen molar-refractivity contribution in [3.8, 4) is 11.5 Å². The van der Waals surface area contributed by atoms with Crippen molar-refractivity contribution in [3.05, 3.63) is 24.3 Å². The molecule has 0 saturated heterocycles. The molecular formula is C14H21NO4. The lowest BCUT2D eigenvalue weighted by Gasteiger charge is -2.16. The van der Waals surface area contributed by atoms with Gasteiger partial charge in [0.15, 0.2) is 17.6 Å². The number of carbonyl (C=O) groups is 1. The predicted octanol–water partition coefficient (Wildman–Crippen LogP) is 1.62. The molecule has 1 aromatic rings. The molecular weight excluding hydrogens is 246 g/mol. The molecule has 1 atom stereocenters. The zero-order valence-corrected chi connectivity index (χ0v) is 11.6. The fourth-order valence-electron chi connectivity index (χ4n) is 1.53. The Morgan fingerprint density at radius 3 is 2.58 bits per heavy atom. The van der Waals surface area contributed by atoms with Crippen molar-refractivity contribution in [2.45, 2.75) is 19.4 Å². The highest BCUT2D eigenvalue weighted by Gasteiger charge is 2.15. The molecule has 0 aromatic heterocycles. The number of carbonyl (C=O) groups excluding carboxylic acids is 1. The summed E-state index contributed by atoms with van der Waals surface area (Å²) in [6.07, 6.45) is 0.211. The molecule has 5 nitrogen and oxygen atoms in total. The third-order valence-corrected chi connectivity index (χ3v) is 2.57. The fourth-order valence-corrected chi connectivity index (χ4v) is 1.53. The molecule has 0 aliphatic heterocycles. The Labute approximate surface area is 113 Å². The summed E-state index contributed by atoms with van der Waals surface area (Å²) in [6.45, 7) is 2.91. The predicted molar refractivity (Wildman–Crippen MR) is 72.6 cm³/mol. The third kappa shape index (κ3) is 5.18. The van der Waals surface area contributed by atoms with Gasteiger partial charge in [-0.1, -0.05) is 12.1 Å². The highest BCUT2D eigenvalue weighted by molar-refractivity contribution is 5.80. The Morgan fingerprint density at radius 1 is 1.26 bits per heavy atom. The molecule has 1 N–H and O–H groups in total.